The third-order valence-electron chi connectivity index (χ3n) is 8.54. The van der Waals surface area contributed by atoms with E-state index in [4.69, 9.17) is 9.47 Å². The molecule has 0 spiro atoms. The van der Waals surface area contributed by atoms with Crippen molar-refractivity contribution in [3.63, 3.8) is 0 Å². The summed E-state index contributed by atoms with van der Waals surface area (Å²) < 4.78 is 11.4. The molecular formula is C44H61N3O6. The Kier molecular flexibility index (Phi) is 15.2. The highest BCUT2D eigenvalue weighted by molar-refractivity contribution is 5.94. The molecule has 3 aromatic carbocycles. The van der Waals surface area contributed by atoms with Crippen LogP contribution in [-0.4, -0.2) is 58.1 Å². The van der Waals surface area contributed by atoms with Crippen molar-refractivity contribution in [1.82, 2.24) is 15.5 Å². The summed E-state index contributed by atoms with van der Waals surface area (Å²) in [5, 5.41) is 5.87. The number of nitrogens with zero attached hydrogens (tertiary/aromatic N) is 1. The number of benzene rings is 3. The minimum Gasteiger partial charge on any atom is -0.458 e. The predicted molar refractivity (Wildman–Crippen MR) is 210 cm³/mol. The molecule has 3 aromatic rings. The molecule has 0 radical (unpaired) electrons. The van der Waals surface area contributed by atoms with Crippen LogP contribution in [0.4, 0.5) is 4.79 Å². The summed E-state index contributed by atoms with van der Waals surface area (Å²) in [7, 11) is 0. The molecule has 0 heterocycles. The van der Waals surface area contributed by atoms with Crippen LogP contribution in [0.3, 0.4) is 0 Å². The fourth-order valence-electron chi connectivity index (χ4n) is 6.26. The number of hydrogen-bond acceptors (Lipinski definition) is 6. The molecule has 0 aromatic heterocycles. The molecule has 3 rings (SSSR count). The maximum absolute atomic E-state index is 15.2. The lowest BCUT2D eigenvalue weighted by Crippen LogP contribution is -2.57. The fourth-order valence-corrected chi connectivity index (χ4v) is 6.26. The molecule has 0 fully saturated rings. The minimum atomic E-state index is -1.15. The number of ether oxygens (including phenoxy) is 2. The summed E-state index contributed by atoms with van der Waals surface area (Å²) in [5.74, 6) is -1.20. The first-order chi connectivity index (χ1) is 24.7. The molecule has 0 aliphatic carbocycles. The van der Waals surface area contributed by atoms with E-state index in [1.165, 1.54) is 0 Å². The number of alkyl carbamates (subject to hydrolysis) is 1. The van der Waals surface area contributed by atoms with Crippen molar-refractivity contribution in [3.8, 4) is 0 Å². The van der Waals surface area contributed by atoms with E-state index in [0.29, 0.717) is 17.9 Å². The summed E-state index contributed by atoms with van der Waals surface area (Å²) in [5.41, 5.74) is 2.51. The molecule has 0 aliphatic heterocycles. The van der Waals surface area contributed by atoms with Crippen molar-refractivity contribution in [2.45, 2.75) is 137 Å². The Hall–Kier alpha value is -4.66. The van der Waals surface area contributed by atoms with E-state index in [-0.39, 0.29) is 12.8 Å². The quantitative estimate of drug-likeness (QED) is 0.153. The lowest BCUT2D eigenvalue weighted by molar-refractivity contribution is -0.159. The van der Waals surface area contributed by atoms with Gasteiger partial charge in [-0.2, -0.15) is 0 Å². The van der Waals surface area contributed by atoms with Crippen molar-refractivity contribution >= 4 is 23.9 Å². The number of nitrogens with one attached hydrogen (secondary N) is 2. The highest BCUT2D eigenvalue weighted by Crippen LogP contribution is 2.30. The maximum atomic E-state index is 15.2. The van der Waals surface area contributed by atoms with Crippen LogP contribution in [0.5, 0.6) is 0 Å². The smallest absolute Gasteiger partial charge is 0.408 e. The first kappa shape index (κ1) is 42.8. The molecule has 3 amide bonds. The molecule has 0 aliphatic rings. The molecule has 0 bridgehead atoms. The van der Waals surface area contributed by atoms with E-state index in [0.717, 1.165) is 28.7 Å². The van der Waals surface area contributed by atoms with Gasteiger partial charge in [0.05, 0.1) is 0 Å². The Morgan fingerprint density at radius 2 is 1.15 bits per heavy atom. The summed E-state index contributed by atoms with van der Waals surface area (Å²) in [6.07, 6.45) is 1.02. The number of rotatable bonds is 15. The predicted octanol–water partition coefficient (Wildman–Crippen LogP) is 8.20. The van der Waals surface area contributed by atoms with Crippen molar-refractivity contribution < 1.29 is 28.7 Å². The van der Waals surface area contributed by atoms with E-state index in [2.05, 4.69) is 24.5 Å². The molecule has 0 saturated heterocycles. The second kappa shape index (κ2) is 18.9. The third-order valence-corrected chi connectivity index (χ3v) is 8.54. The SMILES string of the molecule is Cc1cc(C)cc(C(C(=O)NC(Cc2ccccc2)C(=O)OC(C)(C)C)N(C(=O)C(Cc2ccccc2)NC(=O)OC(C)(C)C)C(C)CCC(C)C)c1. The average molecular weight is 728 g/mol. The Labute approximate surface area is 317 Å². The van der Waals surface area contributed by atoms with Crippen LogP contribution < -0.4 is 10.6 Å². The van der Waals surface area contributed by atoms with Crippen molar-refractivity contribution in [1.29, 1.82) is 0 Å². The normalized spacial score (nSPS) is 14.0. The van der Waals surface area contributed by atoms with E-state index in [1.807, 2.05) is 99.6 Å². The van der Waals surface area contributed by atoms with Gasteiger partial charge in [-0.15, -0.1) is 0 Å². The van der Waals surface area contributed by atoms with E-state index in [9.17, 15) is 14.4 Å². The van der Waals surface area contributed by atoms with Crippen LogP contribution in [0.15, 0.2) is 78.9 Å². The van der Waals surface area contributed by atoms with Crippen LogP contribution in [0.1, 0.15) is 109 Å². The van der Waals surface area contributed by atoms with Gasteiger partial charge in [0, 0.05) is 18.9 Å². The van der Waals surface area contributed by atoms with E-state index < -0.39 is 59.2 Å². The molecule has 9 nitrogen and oxygen atoms in total. The maximum Gasteiger partial charge on any atom is 0.408 e. The average Bonchev–Trinajstić information content (AvgIpc) is 3.04. The van der Waals surface area contributed by atoms with Gasteiger partial charge in [-0.05, 0) is 97.8 Å². The zero-order chi connectivity index (χ0) is 39.5. The molecule has 4 atom stereocenters. The number of amides is 3. The monoisotopic (exact) mass is 727 g/mol. The Balaban J connectivity index is 2.21. The van der Waals surface area contributed by atoms with E-state index >= 15 is 4.79 Å². The van der Waals surface area contributed by atoms with Gasteiger partial charge >= 0.3 is 12.1 Å². The Morgan fingerprint density at radius 3 is 1.62 bits per heavy atom. The van der Waals surface area contributed by atoms with Crippen LogP contribution >= 0.6 is 0 Å². The standard InChI is InChI=1S/C44H61N3O6/c1-29(2)22-23-32(5)47(40(49)36(27-33-18-14-12-15-19-33)46-42(51)53-44(9,10)11)38(35-25-30(3)24-31(4)26-35)39(48)45-37(41(50)52-43(6,7)8)28-34-20-16-13-17-21-34/h12-21,24-26,29,32,36-38H,22-23,27-28H2,1-11H3,(H,45,48)(H,46,51). The highest BCUT2D eigenvalue weighted by atomic mass is 16.6. The van der Waals surface area contributed by atoms with Crippen LogP contribution in [0.25, 0.3) is 0 Å². The summed E-state index contributed by atoms with van der Waals surface area (Å²) in [6.45, 7) is 20.7. The molecule has 9 heteroatoms. The first-order valence-corrected chi connectivity index (χ1v) is 18.7. The molecular weight excluding hydrogens is 666 g/mol. The highest BCUT2D eigenvalue weighted by Gasteiger charge is 2.41. The molecule has 53 heavy (non-hydrogen) atoms. The van der Waals surface area contributed by atoms with E-state index in [1.54, 1.807) is 46.4 Å². The summed E-state index contributed by atoms with van der Waals surface area (Å²) in [4.78, 5) is 58.9. The number of hydrogen-bond donors (Lipinski definition) is 2. The van der Waals surface area contributed by atoms with Gasteiger partial charge in [-0.1, -0.05) is 104 Å². The first-order valence-electron chi connectivity index (χ1n) is 18.7. The molecule has 4 unspecified atom stereocenters. The molecule has 0 saturated carbocycles. The molecule has 288 valence electrons. The Morgan fingerprint density at radius 1 is 0.660 bits per heavy atom. The van der Waals surface area contributed by atoms with Crippen molar-refractivity contribution in [3.05, 3.63) is 107 Å². The zero-order valence-electron chi connectivity index (χ0n) is 33.6. The second-order valence-electron chi connectivity index (χ2n) is 16.6. The van der Waals surface area contributed by atoms with Gasteiger partial charge in [0.2, 0.25) is 11.8 Å². The van der Waals surface area contributed by atoms with Gasteiger partial charge < -0.3 is 25.0 Å². The summed E-state index contributed by atoms with van der Waals surface area (Å²) >= 11 is 0. The van der Waals surface area contributed by atoms with Gasteiger partial charge in [-0.25, -0.2) is 9.59 Å². The topological polar surface area (TPSA) is 114 Å². The van der Waals surface area contributed by atoms with Gasteiger partial charge in [0.1, 0.15) is 29.3 Å². The van der Waals surface area contributed by atoms with Crippen LogP contribution in [0.2, 0.25) is 0 Å². The number of carbonyl (C=O) groups excluding carboxylic acids is 4. The second-order valence-corrected chi connectivity index (χ2v) is 16.6. The number of esters is 1. The summed E-state index contributed by atoms with van der Waals surface area (Å²) in [6, 6.07) is 21.0. The lowest BCUT2D eigenvalue weighted by Gasteiger charge is -2.39. The number of carbonyl (C=O) groups is 4. The van der Waals surface area contributed by atoms with Crippen molar-refractivity contribution in [2.75, 3.05) is 0 Å². The fraction of sp³-hybridized carbons (Fsp3) is 0.500. The Bertz CT molecular complexity index is 1640. The minimum absolute atomic E-state index is 0.169. The number of aryl methyl sites for hydroxylation is 2. The van der Waals surface area contributed by atoms with Crippen LogP contribution in [0, 0.1) is 19.8 Å². The van der Waals surface area contributed by atoms with Gasteiger partial charge in [0.25, 0.3) is 0 Å². The largest absolute Gasteiger partial charge is 0.458 e. The van der Waals surface area contributed by atoms with Crippen molar-refractivity contribution in [2.24, 2.45) is 5.92 Å². The van der Waals surface area contributed by atoms with Crippen LogP contribution in [-0.2, 0) is 36.7 Å². The van der Waals surface area contributed by atoms with Gasteiger partial charge in [-0.3, -0.25) is 9.59 Å². The zero-order valence-corrected chi connectivity index (χ0v) is 33.6. The van der Waals surface area contributed by atoms with Gasteiger partial charge in [0.15, 0.2) is 0 Å². The lowest BCUT2D eigenvalue weighted by atomic mass is 9.94. The third kappa shape index (κ3) is 14.4. The molecule has 2 N–H and O–H groups in total.